The van der Waals surface area contributed by atoms with E-state index in [9.17, 15) is 0 Å². The molecule has 2 rings (SSSR count). The Morgan fingerprint density at radius 2 is 2.00 bits per heavy atom. The van der Waals surface area contributed by atoms with Gasteiger partial charge in [-0.15, -0.1) is 0 Å². The highest BCUT2D eigenvalue weighted by Gasteiger charge is 2.15. The normalized spacial score (nSPS) is 16.9. The lowest BCUT2D eigenvalue weighted by Crippen LogP contribution is -2.25. The first-order valence-electron chi connectivity index (χ1n) is 5.98. The first-order chi connectivity index (χ1) is 8.16. The zero-order valence-corrected chi connectivity index (χ0v) is 11.9. The molecule has 17 heavy (non-hydrogen) atoms. The van der Waals surface area contributed by atoms with Crippen molar-refractivity contribution in [3.63, 3.8) is 0 Å². The number of benzene rings is 1. The number of hydrogen-bond donors (Lipinski definition) is 1. The fourth-order valence-corrected chi connectivity index (χ4v) is 3.35. The van der Waals surface area contributed by atoms with Crippen LogP contribution in [0.2, 0.25) is 5.02 Å². The molecule has 1 fully saturated rings. The molecular formula is C13H19ClN2S. The van der Waals surface area contributed by atoms with Crippen LogP contribution in [-0.4, -0.2) is 31.6 Å². The van der Waals surface area contributed by atoms with Crippen LogP contribution in [0.5, 0.6) is 0 Å². The number of nitrogens with zero attached hydrogens (tertiary/aromatic N) is 1. The van der Waals surface area contributed by atoms with Gasteiger partial charge in [0, 0.05) is 25.2 Å². The minimum atomic E-state index is 0.591. The quantitative estimate of drug-likeness (QED) is 0.901. The third-order valence-electron chi connectivity index (χ3n) is 3.02. The van der Waals surface area contributed by atoms with Gasteiger partial charge in [-0.3, -0.25) is 0 Å². The van der Waals surface area contributed by atoms with Crippen LogP contribution in [0, 0.1) is 0 Å². The monoisotopic (exact) mass is 270 g/mol. The summed E-state index contributed by atoms with van der Waals surface area (Å²) in [7, 11) is 4.12. The molecule has 0 atom stereocenters. The Kier molecular flexibility index (Phi) is 4.46. The van der Waals surface area contributed by atoms with Crippen molar-refractivity contribution in [1.82, 2.24) is 0 Å². The molecule has 0 aliphatic carbocycles. The van der Waals surface area contributed by atoms with Gasteiger partial charge in [-0.25, -0.2) is 0 Å². The van der Waals surface area contributed by atoms with Gasteiger partial charge in [0.05, 0.1) is 11.4 Å². The maximum absolute atomic E-state index is 6.08. The summed E-state index contributed by atoms with van der Waals surface area (Å²) >= 11 is 8.12. The molecule has 1 aromatic rings. The molecule has 0 bridgehead atoms. The molecule has 0 aromatic heterocycles. The average molecular weight is 271 g/mol. The molecular weight excluding hydrogens is 252 g/mol. The Labute approximate surface area is 113 Å². The van der Waals surface area contributed by atoms with Crippen LogP contribution in [0.4, 0.5) is 11.4 Å². The molecule has 1 aliphatic heterocycles. The Hall–Kier alpha value is -0.540. The smallest absolute Gasteiger partial charge is 0.0597 e. The van der Waals surface area contributed by atoms with Crippen molar-refractivity contribution in [3.8, 4) is 0 Å². The van der Waals surface area contributed by atoms with E-state index >= 15 is 0 Å². The molecule has 0 spiro atoms. The van der Waals surface area contributed by atoms with Crippen LogP contribution in [0.15, 0.2) is 18.2 Å². The summed E-state index contributed by atoms with van der Waals surface area (Å²) in [4.78, 5) is 2.12. The fraction of sp³-hybridized carbons (Fsp3) is 0.538. The molecule has 2 nitrogen and oxygen atoms in total. The van der Waals surface area contributed by atoms with Crippen molar-refractivity contribution in [2.24, 2.45) is 0 Å². The number of anilines is 2. The first kappa shape index (κ1) is 12.9. The summed E-state index contributed by atoms with van der Waals surface area (Å²) in [6, 6.07) is 6.63. The maximum Gasteiger partial charge on any atom is 0.0597 e. The summed E-state index contributed by atoms with van der Waals surface area (Å²) in [5, 5.41) is 4.43. The molecule has 1 saturated heterocycles. The van der Waals surface area contributed by atoms with Crippen LogP contribution in [0.25, 0.3) is 0 Å². The van der Waals surface area contributed by atoms with Crippen molar-refractivity contribution in [3.05, 3.63) is 23.2 Å². The second-order valence-corrected chi connectivity index (χ2v) is 6.25. The number of thioether (sulfide) groups is 1. The summed E-state index contributed by atoms with van der Waals surface area (Å²) in [5.41, 5.74) is 2.35. The maximum atomic E-state index is 6.08. The topological polar surface area (TPSA) is 15.3 Å². The highest BCUT2D eigenvalue weighted by molar-refractivity contribution is 7.99. The molecule has 4 heteroatoms. The first-order valence-corrected chi connectivity index (χ1v) is 7.51. The Morgan fingerprint density at radius 1 is 1.29 bits per heavy atom. The molecule has 0 unspecified atom stereocenters. The molecule has 94 valence electrons. The summed E-state index contributed by atoms with van der Waals surface area (Å²) in [5.74, 6) is 2.52. The van der Waals surface area contributed by atoms with Gasteiger partial charge < -0.3 is 10.2 Å². The number of hydrogen-bond acceptors (Lipinski definition) is 3. The lowest BCUT2D eigenvalue weighted by atomic mass is 10.1. The van der Waals surface area contributed by atoms with Crippen molar-refractivity contribution >= 4 is 34.7 Å². The van der Waals surface area contributed by atoms with Crippen molar-refractivity contribution in [2.75, 3.05) is 35.8 Å². The predicted octanol–water partition coefficient (Wildman–Crippen LogP) is 3.71. The zero-order valence-electron chi connectivity index (χ0n) is 10.4. The fourth-order valence-electron chi connectivity index (χ4n) is 2.08. The molecule has 1 N–H and O–H groups in total. The zero-order chi connectivity index (χ0) is 12.3. The van der Waals surface area contributed by atoms with E-state index in [0.29, 0.717) is 6.04 Å². The highest BCUT2D eigenvalue weighted by Crippen LogP contribution is 2.30. The van der Waals surface area contributed by atoms with Gasteiger partial charge in [0.2, 0.25) is 0 Å². The van der Waals surface area contributed by atoms with E-state index in [0.717, 1.165) is 10.7 Å². The minimum absolute atomic E-state index is 0.591. The largest absolute Gasteiger partial charge is 0.381 e. The standard InChI is InChI=1S/C13H19ClN2S/c1-16(2)13-4-3-10(14)9-12(13)15-11-5-7-17-8-6-11/h3-4,9,11,15H,5-8H2,1-2H3. The molecule has 0 amide bonds. The van der Waals surface area contributed by atoms with E-state index in [4.69, 9.17) is 11.6 Å². The Bertz CT molecular complexity index is 376. The summed E-state index contributed by atoms with van der Waals surface area (Å²) in [6.45, 7) is 0. The second kappa shape index (κ2) is 5.87. The molecule has 1 aliphatic rings. The van der Waals surface area contributed by atoms with Gasteiger partial charge >= 0.3 is 0 Å². The van der Waals surface area contributed by atoms with Crippen molar-refractivity contribution in [1.29, 1.82) is 0 Å². The number of halogens is 1. The third-order valence-corrected chi connectivity index (χ3v) is 4.31. The van der Waals surface area contributed by atoms with Gasteiger partial charge in [0.25, 0.3) is 0 Å². The van der Waals surface area contributed by atoms with E-state index in [1.54, 1.807) is 0 Å². The molecule has 0 radical (unpaired) electrons. The molecule has 1 heterocycles. The van der Waals surface area contributed by atoms with E-state index in [1.165, 1.54) is 30.0 Å². The van der Waals surface area contributed by atoms with E-state index in [1.807, 2.05) is 23.9 Å². The Balaban J connectivity index is 2.14. The van der Waals surface area contributed by atoms with E-state index in [2.05, 4.69) is 30.4 Å². The number of nitrogens with one attached hydrogen (secondary N) is 1. The van der Waals surface area contributed by atoms with Gasteiger partial charge in [-0.05, 0) is 42.5 Å². The van der Waals surface area contributed by atoms with Crippen LogP contribution in [0.3, 0.4) is 0 Å². The van der Waals surface area contributed by atoms with Gasteiger partial charge in [0.1, 0.15) is 0 Å². The van der Waals surface area contributed by atoms with Crippen molar-refractivity contribution in [2.45, 2.75) is 18.9 Å². The summed E-state index contributed by atoms with van der Waals surface area (Å²) < 4.78 is 0. The van der Waals surface area contributed by atoms with Crippen molar-refractivity contribution < 1.29 is 0 Å². The van der Waals surface area contributed by atoms with E-state index in [-0.39, 0.29) is 0 Å². The predicted molar refractivity (Wildman–Crippen MR) is 79.7 cm³/mol. The van der Waals surface area contributed by atoms with E-state index < -0.39 is 0 Å². The van der Waals surface area contributed by atoms with Crippen LogP contribution >= 0.6 is 23.4 Å². The van der Waals surface area contributed by atoms with Gasteiger partial charge in [0.15, 0.2) is 0 Å². The van der Waals surface area contributed by atoms with Gasteiger partial charge in [-0.1, -0.05) is 11.6 Å². The lowest BCUT2D eigenvalue weighted by molar-refractivity contribution is 0.667. The second-order valence-electron chi connectivity index (χ2n) is 4.59. The third kappa shape index (κ3) is 3.46. The SMILES string of the molecule is CN(C)c1ccc(Cl)cc1NC1CCSCC1. The van der Waals surface area contributed by atoms with Gasteiger partial charge in [-0.2, -0.15) is 11.8 Å². The summed E-state index contributed by atoms with van der Waals surface area (Å²) in [6.07, 6.45) is 2.48. The van der Waals surface area contributed by atoms with Crippen LogP contribution in [-0.2, 0) is 0 Å². The Morgan fingerprint density at radius 3 is 2.65 bits per heavy atom. The van der Waals surface area contributed by atoms with Crippen LogP contribution in [0.1, 0.15) is 12.8 Å². The molecule has 1 aromatic carbocycles. The lowest BCUT2D eigenvalue weighted by Gasteiger charge is -2.26. The minimum Gasteiger partial charge on any atom is -0.381 e. The number of rotatable bonds is 3. The van der Waals surface area contributed by atoms with Crippen LogP contribution < -0.4 is 10.2 Å². The highest BCUT2D eigenvalue weighted by atomic mass is 35.5. The molecule has 0 saturated carbocycles. The average Bonchev–Trinajstić information content (AvgIpc) is 2.30.